The second kappa shape index (κ2) is 4.22. The first-order valence-corrected chi connectivity index (χ1v) is 7.05. The number of carbonyl (C=O) groups excluding carboxylic acids is 1. The lowest BCUT2D eigenvalue weighted by Crippen LogP contribution is -2.08. The first kappa shape index (κ1) is 11.7. The van der Waals surface area contributed by atoms with Crippen LogP contribution in [0, 0.1) is 0 Å². The van der Waals surface area contributed by atoms with Crippen molar-refractivity contribution in [2.75, 3.05) is 0 Å². The Bertz CT molecular complexity index is 833. The van der Waals surface area contributed by atoms with E-state index < -0.39 is 0 Å². The van der Waals surface area contributed by atoms with Gasteiger partial charge in [0, 0.05) is 23.1 Å². The van der Waals surface area contributed by atoms with Gasteiger partial charge in [-0.05, 0) is 29.7 Å². The van der Waals surface area contributed by atoms with Crippen LogP contribution in [0.4, 0.5) is 0 Å². The highest BCUT2D eigenvalue weighted by Crippen LogP contribution is 2.39. The molecule has 0 radical (unpaired) electrons. The highest BCUT2D eigenvalue weighted by molar-refractivity contribution is 6.36. The number of Topliss-reactive ketones (excluding diaryl/α,β-unsaturated/α-hetero) is 1. The van der Waals surface area contributed by atoms with E-state index in [1.807, 2.05) is 24.3 Å². The Morgan fingerprint density at radius 3 is 2.60 bits per heavy atom. The third-order valence-corrected chi connectivity index (χ3v) is 4.29. The summed E-state index contributed by atoms with van der Waals surface area (Å²) in [6.07, 6.45) is 1.35. The normalized spacial score (nSPS) is 13.9. The van der Waals surface area contributed by atoms with Gasteiger partial charge in [-0.15, -0.1) is 0 Å². The van der Waals surface area contributed by atoms with E-state index in [1.165, 1.54) is 5.56 Å². The van der Waals surface area contributed by atoms with Gasteiger partial charge in [0.2, 0.25) is 0 Å². The van der Waals surface area contributed by atoms with E-state index in [2.05, 4.69) is 17.1 Å². The maximum atomic E-state index is 12.1. The van der Waals surface area contributed by atoms with E-state index in [-0.39, 0.29) is 5.78 Å². The number of benzene rings is 2. The van der Waals surface area contributed by atoms with E-state index in [0.29, 0.717) is 11.4 Å². The predicted molar refractivity (Wildman–Crippen MR) is 81.4 cm³/mol. The van der Waals surface area contributed by atoms with Gasteiger partial charge in [-0.3, -0.25) is 4.79 Å². The summed E-state index contributed by atoms with van der Waals surface area (Å²) in [7, 11) is 0. The van der Waals surface area contributed by atoms with Gasteiger partial charge in [0.1, 0.15) is 0 Å². The van der Waals surface area contributed by atoms with Crippen molar-refractivity contribution in [2.24, 2.45) is 0 Å². The zero-order valence-corrected chi connectivity index (χ0v) is 11.5. The number of aromatic nitrogens is 1. The van der Waals surface area contributed by atoms with E-state index in [1.54, 1.807) is 6.07 Å². The first-order valence-electron chi connectivity index (χ1n) is 6.67. The fraction of sp³-hybridized carbons (Fsp3) is 0.118. The summed E-state index contributed by atoms with van der Waals surface area (Å²) in [4.78, 5) is 15.5. The minimum Gasteiger partial charge on any atom is -0.353 e. The lowest BCUT2D eigenvalue weighted by atomic mass is 9.89. The molecule has 0 atom stereocenters. The molecule has 1 aromatic heterocycles. The Labute approximate surface area is 121 Å². The molecule has 3 aromatic rings. The van der Waals surface area contributed by atoms with Crippen molar-refractivity contribution >= 4 is 28.3 Å². The second-order valence-corrected chi connectivity index (χ2v) is 5.52. The molecule has 98 valence electrons. The van der Waals surface area contributed by atoms with E-state index >= 15 is 0 Å². The minimum atomic E-state index is 0.206. The zero-order valence-electron chi connectivity index (χ0n) is 10.7. The molecule has 0 saturated heterocycles. The van der Waals surface area contributed by atoms with Crippen LogP contribution in [0.3, 0.4) is 0 Å². The second-order valence-electron chi connectivity index (χ2n) is 5.11. The smallest absolute Gasteiger partial charge is 0.163 e. The highest BCUT2D eigenvalue weighted by atomic mass is 35.5. The van der Waals surface area contributed by atoms with Crippen molar-refractivity contribution in [3.63, 3.8) is 0 Å². The number of nitrogens with one attached hydrogen (secondary N) is 1. The Hall–Kier alpha value is -2.06. The summed E-state index contributed by atoms with van der Waals surface area (Å²) >= 11 is 6.29. The Kier molecular flexibility index (Phi) is 2.48. The maximum Gasteiger partial charge on any atom is 0.163 e. The summed E-state index contributed by atoms with van der Waals surface area (Å²) in [5.74, 6) is 0.206. The SMILES string of the molecule is O=C1CCc2c(-c3ccccc3)[nH]c3c(Cl)ccc1c23. The zero-order chi connectivity index (χ0) is 13.7. The third-order valence-electron chi connectivity index (χ3n) is 3.97. The molecule has 0 saturated carbocycles. The molecule has 0 amide bonds. The van der Waals surface area contributed by atoms with Gasteiger partial charge in [-0.1, -0.05) is 41.9 Å². The molecular formula is C17H12ClNO. The van der Waals surface area contributed by atoms with Crippen LogP contribution in [0.1, 0.15) is 22.3 Å². The maximum absolute atomic E-state index is 12.1. The molecule has 0 spiro atoms. The molecule has 2 nitrogen and oxygen atoms in total. The molecule has 20 heavy (non-hydrogen) atoms. The topological polar surface area (TPSA) is 32.9 Å². The van der Waals surface area contributed by atoms with Crippen molar-refractivity contribution in [1.29, 1.82) is 0 Å². The Morgan fingerprint density at radius 1 is 1.00 bits per heavy atom. The van der Waals surface area contributed by atoms with Gasteiger partial charge in [-0.2, -0.15) is 0 Å². The lowest BCUT2D eigenvalue weighted by molar-refractivity contribution is 0.0982. The van der Waals surface area contributed by atoms with Gasteiger partial charge in [-0.25, -0.2) is 0 Å². The molecule has 1 aliphatic rings. The lowest BCUT2D eigenvalue weighted by Gasteiger charge is -2.12. The first-order chi connectivity index (χ1) is 9.75. The molecular weight excluding hydrogens is 270 g/mol. The number of carbonyl (C=O) groups is 1. The molecule has 0 bridgehead atoms. The number of halogens is 1. The number of H-pyrrole nitrogens is 1. The number of rotatable bonds is 1. The fourth-order valence-electron chi connectivity index (χ4n) is 3.05. The summed E-state index contributed by atoms with van der Waals surface area (Å²) in [6.45, 7) is 0. The van der Waals surface area contributed by atoms with E-state index in [0.717, 1.165) is 34.1 Å². The standard InChI is InChI=1S/C17H12ClNO/c18-13-8-6-11-14(20)9-7-12-15(11)17(13)19-16(12)10-4-2-1-3-5-10/h1-6,8,19H,7,9H2. The van der Waals surface area contributed by atoms with E-state index in [4.69, 9.17) is 11.6 Å². The molecule has 0 fully saturated rings. The van der Waals surface area contributed by atoms with Crippen LogP contribution in [0.5, 0.6) is 0 Å². The van der Waals surface area contributed by atoms with Crippen molar-refractivity contribution in [3.8, 4) is 11.3 Å². The van der Waals surface area contributed by atoms with Gasteiger partial charge in [0.15, 0.2) is 5.78 Å². The molecule has 0 unspecified atom stereocenters. The van der Waals surface area contributed by atoms with Crippen LogP contribution >= 0.6 is 11.6 Å². The van der Waals surface area contributed by atoms with Gasteiger partial charge in [0.25, 0.3) is 0 Å². The van der Waals surface area contributed by atoms with Crippen molar-refractivity contribution < 1.29 is 4.79 Å². The largest absolute Gasteiger partial charge is 0.353 e. The van der Waals surface area contributed by atoms with Crippen molar-refractivity contribution in [3.05, 3.63) is 58.6 Å². The quantitative estimate of drug-likeness (QED) is 0.694. The number of aromatic amines is 1. The number of hydrogen-bond donors (Lipinski definition) is 1. The average molecular weight is 282 g/mol. The molecule has 0 aliphatic heterocycles. The summed E-state index contributed by atoms with van der Waals surface area (Å²) < 4.78 is 0. The van der Waals surface area contributed by atoms with E-state index in [9.17, 15) is 4.79 Å². The molecule has 1 heterocycles. The molecule has 2 aromatic carbocycles. The summed E-state index contributed by atoms with van der Waals surface area (Å²) in [5, 5.41) is 1.68. The van der Waals surface area contributed by atoms with Crippen LogP contribution in [0.25, 0.3) is 22.2 Å². The molecule has 3 heteroatoms. The Balaban J connectivity index is 2.11. The van der Waals surface area contributed by atoms with Crippen LogP contribution < -0.4 is 0 Å². The van der Waals surface area contributed by atoms with Crippen LogP contribution in [-0.2, 0) is 6.42 Å². The highest BCUT2D eigenvalue weighted by Gasteiger charge is 2.25. The average Bonchev–Trinajstić information content (AvgIpc) is 2.87. The number of ketones is 1. The minimum absolute atomic E-state index is 0.206. The number of hydrogen-bond acceptors (Lipinski definition) is 1. The van der Waals surface area contributed by atoms with Gasteiger partial charge in [0.05, 0.1) is 10.5 Å². The van der Waals surface area contributed by atoms with Crippen LogP contribution in [0.15, 0.2) is 42.5 Å². The predicted octanol–water partition coefficient (Wildman–Crippen LogP) is 4.62. The van der Waals surface area contributed by atoms with Gasteiger partial charge < -0.3 is 4.98 Å². The molecule has 1 aliphatic carbocycles. The monoisotopic (exact) mass is 281 g/mol. The number of aryl methyl sites for hydroxylation is 1. The molecule has 4 rings (SSSR count). The van der Waals surface area contributed by atoms with Crippen molar-refractivity contribution in [2.45, 2.75) is 12.8 Å². The summed E-state index contributed by atoms with van der Waals surface area (Å²) in [6, 6.07) is 13.8. The van der Waals surface area contributed by atoms with Gasteiger partial charge >= 0.3 is 0 Å². The van der Waals surface area contributed by atoms with Crippen LogP contribution in [0.2, 0.25) is 5.02 Å². The fourth-order valence-corrected chi connectivity index (χ4v) is 3.25. The molecule has 1 N–H and O–H groups in total. The Morgan fingerprint density at radius 2 is 1.80 bits per heavy atom. The summed E-state index contributed by atoms with van der Waals surface area (Å²) in [5.41, 5.74) is 5.11. The van der Waals surface area contributed by atoms with Crippen molar-refractivity contribution in [1.82, 2.24) is 4.98 Å². The van der Waals surface area contributed by atoms with Crippen LogP contribution in [-0.4, -0.2) is 10.8 Å². The third kappa shape index (κ3) is 1.55.